The Labute approximate surface area is 89.1 Å². The summed E-state index contributed by atoms with van der Waals surface area (Å²) in [6, 6.07) is 0. The molecule has 0 saturated carbocycles. The molecule has 1 N–H and O–H groups in total. The van der Waals surface area contributed by atoms with Crippen molar-refractivity contribution in [3.63, 3.8) is 0 Å². The zero-order valence-corrected chi connectivity index (χ0v) is 9.02. The fourth-order valence-electron chi connectivity index (χ4n) is 1.83. The van der Waals surface area contributed by atoms with E-state index in [1.54, 1.807) is 0 Å². The highest BCUT2D eigenvalue weighted by Gasteiger charge is 2.21. The maximum absolute atomic E-state index is 9.36. The Balaban J connectivity index is 1.87. The van der Waals surface area contributed by atoms with Gasteiger partial charge in [-0.2, -0.15) is 4.98 Å². The second kappa shape index (κ2) is 4.72. The van der Waals surface area contributed by atoms with Crippen LogP contribution in [0.25, 0.3) is 0 Å². The summed E-state index contributed by atoms with van der Waals surface area (Å²) in [4.78, 5) is 6.43. The lowest BCUT2D eigenvalue weighted by atomic mass is 10.3. The fourth-order valence-corrected chi connectivity index (χ4v) is 1.83. The van der Waals surface area contributed by atoms with Crippen LogP contribution in [0.4, 0.5) is 0 Å². The number of hydrogen-bond acceptors (Lipinski definition) is 5. The summed E-state index contributed by atoms with van der Waals surface area (Å²) in [6.07, 6.45) is 2.52. The van der Waals surface area contributed by atoms with Crippen LogP contribution in [-0.2, 0) is 13.0 Å². The van der Waals surface area contributed by atoms with E-state index in [1.165, 1.54) is 0 Å². The van der Waals surface area contributed by atoms with Crippen molar-refractivity contribution in [3.8, 4) is 0 Å². The lowest BCUT2D eigenvalue weighted by Gasteiger charge is -2.10. The average Bonchev–Trinajstić information content (AvgIpc) is 2.78. The number of β-amino-alcohol motifs (C(OH)–C–C–N with tert-alkyl or cyclic N) is 1. The molecule has 1 atom stereocenters. The second-order valence-electron chi connectivity index (χ2n) is 4.03. The van der Waals surface area contributed by atoms with Gasteiger partial charge in [0.1, 0.15) is 0 Å². The number of aliphatic hydroxyl groups is 1. The minimum atomic E-state index is -0.188. The van der Waals surface area contributed by atoms with Gasteiger partial charge in [0.05, 0.1) is 12.6 Å². The first-order chi connectivity index (χ1) is 7.28. The fraction of sp³-hybridized carbons (Fsp3) is 0.800. The molecular formula is C10H17N3O2. The molecule has 0 aromatic carbocycles. The van der Waals surface area contributed by atoms with Gasteiger partial charge in [0, 0.05) is 19.5 Å². The molecule has 1 aromatic heterocycles. The average molecular weight is 211 g/mol. The predicted octanol–water partition coefficient (Wildman–Crippen LogP) is 0.589. The summed E-state index contributed by atoms with van der Waals surface area (Å²) in [6.45, 7) is 4.40. The van der Waals surface area contributed by atoms with Gasteiger partial charge in [-0.05, 0) is 12.8 Å². The van der Waals surface area contributed by atoms with E-state index >= 15 is 0 Å². The van der Waals surface area contributed by atoms with Gasteiger partial charge in [0.2, 0.25) is 5.89 Å². The van der Waals surface area contributed by atoms with Crippen molar-refractivity contribution >= 4 is 0 Å². The molecule has 0 radical (unpaired) electrons. The second-order valence-corrected chi connectivity index (χ2v) is 4.03. The third-order valence-corrected chi connectivity index (χ3v) is 2.59. The molecule has 5 heteroatoms. The first kappa shape index (κ1) is 10.6. The van der Waals surface area contributed by atoms with Crippen molar-refractivity contribution < 1.29 is 9.63 Å². The SMILES string of the molecule is CCCc1nc(CN2CC[C@@H](O)C2)no1. The molecule has 1 aliphatic heterocycles. The van der Waals surface area contributed by atoms with Crippen LogP contribution in [-0.4, -0.2) is 39.3 Å². The predicted molar refractivity (Wildman–Crippen MR) is 54.2 cm³/mol. The number of nitrogens with zero attached hydrogens (tertiary/aromatic N) is 3. The summed E-state index contributed by atoms with van der Waals surface area (Å²) in [5.41, 5.74) is 0. The van der Waals surface area contributed by atoms with Crippen LogP contribution in [0.3, 0.4) is 0 Å². The lowest BCUT2D eigenvalue weighted by molar-refractivity contribution is 0.173. The molecule has 5 nitrogen and oxygen atoms in total. The van der Waals surface area contributed by atoms with Crippen molar-refractivity contribution in [1.82, 2.24) is 15.0 Å². The van der Waals surface area contributed by atoms with E-state index in [0.717, 1.165) is 38.2 Å². The molecule has 1 saturated heterocycles. The summed E-state index contributed by atoms with van der Waals surface area (Å²) < 4.78 is 5.09. The normalized spacial score (nSPS) is 22.4. The van der Waals surface area contributed by atoms with Crippen LogP contribution in [0.1, 0.15) is 31.5 Å². The first-order valence-corrected chi connectivity index (χ1v) is 5.50. The Bertz CT molecular complexity index is 313. The maximum Gasteiger partial charge on any atom is 0.226 e. The molecule has 2 rings (SSSR count). The minimum absolute atomic E-state index is 0.188. The number of hydrogen-bond donors (Lipinski definition) is 1. The molecule has 0 spiro atoms. The zero-order chi connectivity index (χ0) is 10.7. The number of likely N-dealkylation sites (tertiary alicyclic amines) is 1. The molecule has 15 heavy (non-hydrogen) atoms. The molecule has 2 heterocycles. The molecule has 1 aromatic rings. The summed E-state index contributed by atoms with van der Waals surface area (Å²) >= 11 is 0. The standard InChI is InChI=1S/C10H17N3O2/c1-2-3-10-11-9(12-15-10)7-13-5-4-8(14)6-13/h8,14H,2-7H2,1H3/t8-/m1/s1. The Kier molecular flexibility index (Phi) is 3.33. The minimum Gasteiger partial charge on any atom is -0.392 e. The van der Waals surface area contributed by atoms with Crippen molar-refractivity contribution in [1.29, 1.82) is 0 Å². The van der Waals surface area contributed by atoms with Gasteiger partial charge >= 0.3 is 0 Å². The van der Waals surface area contributed by atoms with Crippen molar-refractivity contribution in [2.24, 2.45) is 0 Å². The van der Waals surface area contributed by atoms with E-state index in [0.29, 0.717) is 12.4 Å². The number of aromatic nitrogens is 2. The van der Waals surface area contributed by atoms with Crippen LogP contribution >= 0.6 is 0 Å². The Morgan fingerprint density at radius 3 is 3.13 bits per heavy atom. The van der Waals surface area contributed by atoms with Gasteiger partial charge in [-0.1, -0.05) is 12.1 Å². The Morgan fingerprint density at radius 1 is 1.60 bits per heavy atom. The van der Waals surface area contributed by atoms with Crippen molar-refractivity contribution in [2.45, 2.75) is 38.8 Å². The van der Waals surface area contributed by atoms with Crippen molar-refractivity contribution in [3.05, 3.63) is 11.7 Å². The summed E-state index contributed by atoms with van der Waals surface area (Å²) in [5, 5.41) is 13.3. The van der Waals surface area contributed by atoms with Gasteiger partial charge in [-0.15, -0.1) is 0 Å². The van der Waals surface area contributed by atoms with E-state index in [-0.39, 0.29) is 6.10 Å². The van der Waals surface area contributed by atoms with Crippen LogP contribution in [0, 0.1) is 0 Å². The Hall–Kier alpha value is -0.940. The molecule has 0 amide bonds. The highest BCUT2D eigenvalue weighted by atomic mass is 16.5. The highest BCUT2D eigenvalue weighted by Crippen LogP contribution is 2.11. The summed E-state index contributed by atoms with van der Waals surface area (Å²) in [5.74, 6) is 1.44. The van der Waals surface area contributed by atoms with Crippen LogP contribution < -0.4 is 0 Å². The Morgan fingerprint density at radius 2 is 2.47 bits per heavy atom. The first-order valence-electron chi connectivity index (χ1n) is 5.50. The van der Waals surface area contributed by atoms with E-state index in [4.69, 9.17) is 4.52 Å². The third kappa shape index (κ3) is 2.76. The molecule has 0 unspecified atom stereocenters. The molecule has 0 aliphatic carbocycles. The van der Waals surface area contributed by atoms with Gasteiger partial charge in [0.15, 0.2) is 5.82 Å². The quantitative estimate of drug-likeness (QED) is 0.789. The molecule has 84 valence electrons. The van der Waals surface area contributed by atoms with Gasteiger partial charge < -0.3 is 9.63 Å². The molecule has 1 fully saturated rings. The van der Waals surface area contributed by atoms with Crippen LogP contribution in [0.5, 0.6) is 0 Å². The highest BCUT2D eigenvalue weighted by molar-refractivity contribution is 4.88. The van der Waals surface area contributed by atoms with Crippen LogP contribution in [0.15, 0.2) is 4.52 Å². The topological polar surface area (TPSA) is 62.4 Å². The van der Waals surface area contributed by atoms with Gasteiger partial charge in [-0.25, -0.2) is 0 Å². The van der Waals surface area contributed by atoms with E-state index in [9.17, 15) is 5.11 Å². The lowest BCUT2D eigenvalue weighted by Crippen LogP contribution is -2.22. The number of rotatable bonds is 4. The molecule has 0 bridgehead atoms. The largest absolute Gasteiger partial charge is 0.392 e. The maximum atomic E-state index is 9.36. The number of aryl methyl sites for hydroxylation is 1. The van der Waals surface area contributed by atoms with Gasteiger partial charge in [0.25, 0.3) is 0 Å². The molecule has 1 aliphatic rings. The van der Waals surface area contributed by atoms with Crippen molar-refractivity contribution in [2.75, 3.05) is 13.1 Å². The van der Waals surface area contributed by atoms with Gasteiger partial charge in [-0.3, -0.25) is 4.90 Å². The molecular weight excluding hydrogens is 194 g/mol. The zero-order valence-electron chi connectivity index (χ0n) is 9.02. The van der Waals surface area contributed by atoms with Crippen LogP contribution in [0.2, 0.25) is 0 Å². The number of aliphatic hydroxyl groups excluding tert-OH is 1. The van der Waals surface area contributed by atoms with E-state index in [2.05, 4.69) is 22.0 Å². The van der Waals surface area contributed by atoms with E-state index in [1.807, 2.05) is 0 Å². The summed E-state index contributed by atoms with van der Waals surface area (Å²) in [7, 11) is 0. The smallest absolute Gasteiger partial charge is 0.226 e. The monoisotopic (exact) mass is 211 g/mol. The van der Waals surface area contributed by atoms with E-state index < -0.39 is 0 Å². The third-order valence-electron chi connectivity index (χ3n) is 2.59.